The van der Waals surface area contributed by atoms with Gasteiger partial charge in [-0.3, -0.25) is 4.79 Å². The number of nitrogens with zero attached hydrogens (tertiary/aromatic N) is 1. The van der Waals surface area contributed by atoms with E-state index in [0.29, 0.717) is 17.8 Å². The number of carbonyl (C=O) groups excluding carboxylic acids is 1. The zero-order valence-corrected chi connectivity index (χ0v) is 6.86. The summed E-state index contributed by atoms with van der Waals surface area (Å²) in [5, 5.41) is 10.7. The van der Waals surface area contributed by atoms with Crippen molar-refractivity contribution in [1.29, 1.82) is 5.26 Å². The van der Waals surface area contributed by atoms with Gasteiger partial charge in [0, 0.05) is 11.8 Å². The number of nitrogens with one attached hydrogen (secondary N) is 1. The molecule has 0 unspecified atom stereocenters. The molecule has 1 aromatic carbocycles. The van der Waals surface area contributed by atoms with Gasteiger partial charge in [0.1, 0.15) is 11.8 Å². The normalized spacial score (nSPS) is 8.54. The van der Waals surface area contributed by atoms with Crippen molar-refractivity contribution in [3.8, 4) is 11.8 Å². The summed E-state index contributed by atoms with van der Waals surface area (Å²) >= 11 is 0. The number of rotatable bonds is 4. The first-order valence-electron chi connectivity index (χ1n) is 3.67. The van der Waals surface area contributed by atoms with E-state index in [1.165, 1.54) is 0 Å². The first kappa shape index (κ1) is 9.07. The molecule has 0 saturated heterocycles. The highest BCUT2D eigenvalue weighted by molar-refractivity contribution is 5.71. The molecule has 0 aromatic heterocycles. The maximum atomic E-state index is 10.1. The van der Waals surface area contributed by atoms with Crippen LogP contribution in [0.25, 0.3) is 0 Å². The highest BCUT2D eigenvalue weighted by atomic mass is 16.5. The van der Waals surface area contributed by atoms with Crippen LogP contribution in [-0.4, -0.2) is 13.0 Å². The fourth-order valence-electron chi connectivity index (χ4n) is 0.859. The number of hydrogen-bond acceptors (Lipinski definition) is 3. The topological polar surface area (TPSA) is 62.1 Å². The summed E-state index contributed by atoms with van der Waals surface area (Å²) in [5.74, 6) is 0.563. The van der Waals surface area contributed by atoms with Crippen LogP contribution in [0, 0.1) is 11.3 Å². The van der Waals surface area contributed by atoms with E-state index in [4.69, 9.17) is 10.00 Å². The number of anilines is 1. The van der Waals surface area contributed by atoms with Gasteiger partial charge in [0.15, 0.2) is 6.61 Å². The molecular weight excluding hydrogens is 168 g/mol. The van der Waals surface area contributed by atoms with Gasteiger partial charge < -0.3 is 10.1 Å². The standard InChI is InChI=1S/C9H8N2O2/c10-4-5-13-9-3-1-2-8(6-9)11-7-12/h1-3,6-7H,5H2,(H,11,12). The maximum Gasteiger partial charge on any atom is 0.211 e. The van der Waals surface area contributed by atoms with Gasteiger partial charge in [-0.1, -0.05) is 6.07 Å². The lowest BCUT2D eigenvalue weighted by Gasteiger charge is -2.03. The number of nitriles is 1. The second-order valence-corrected chi connectivity index (χ2v) is 2.24. The van der Waals surface area contributed by atoms with Crippen LogP contribution in [0.15, 0.2) is 24.3 Å². The summed E-state index contributed by atoms with van der Waals surface area (Å²) < 4.78 is 5.03. The number of amides is 1. The molecule has 0 heterocycles. The van der Waals surface area contributed by atoms with Crippen molar-refractivity contribution < 1.29 is 9.53 Å². The monoisotopic (exact) mass is 176 g/mol. The Kier molecular flexibility index (Phi) is 3.33. The zero-order chi connectivity index (χ0) is 9.52. The summed E-state index contributed by atoms with van der Waals surface area (Å²) in [4.78, 5) is 10.1. The fraction of sp³-hybridized carbons (Fsp3) is 0.111. The molecule has 4 heteroatoms. The third-order valence-electron chi connectivity index (χ3n) is 1.36. The van der Waals surface area contributed by atoms with Gasteiger partial charge in [-0.05, 0) is 12.1 Å². The van der Waals surface area contributed by atoms with E-state index in [1.807, 2.05) is 6.07 Å². The highest BCUT2D eigenvalue weighted by Gasteiger charge is 1.94. The van der Waals surface area contributed by atoms with Crippen molar-refractivity contribution in [2.24, 2.45) is 0 Å². The fourth-order valence-corrected chi connectivity index (χ4v) is 0.859. The summed E-state index contributed by atoms with van der Waals surface area (Å²) in [6.45, 7) is 0.00451. The van der Waals surface area contributed by atoms with Gasteiger partial charge in [-0.15, -0.1) is 0 Å². The smallest absolute Gasteiger partial charge is 0.211 e. The van der Waals surface area contributed by atoms with Crippen LogP contribution < -0.4 is 10.1 Å². The quantitative estimate of drug-likeness (QED) is 0.700. The van der Waals surface area contributed by atoms with Crippen molar-refractivity contribution in [1.82, 2.24) is 0 Å². The van der Waals surface area contributed by atoms with Gasteiger partial charge in [0.2, 0.25) is 6.41 Å². The first-order chi connectivity index (χ1) is 6.36. The lowest BCUT2D eigenvalue weighted by Crippen LogP contribution is -1.96. The van der Waals surface area contributed by atoms with E-state index in [1.54, 1.807) is 24.3 Å². The Bertz CT molecular complexity index is 331. The second kappa shape index (κ2) is 4.78. The summed E-state index contributed by atoms with van der Waals surface area (Å²) in [6.07, 6.45) is 0.587. The minimum atomic E-state index is 0.00451. The van der Waals surface area contributed by atoms with E-state index in [-0.39, 0.29) is 6.61 Å². The molecule has 1 rings (SSSR count). The number of carbonyl (C=O) groups is 1. The van der Waals surface area contributed by atoms with Crippen molar-refractivity contribution >= 4 is 12.1 Å². The number of ether oxygens (including phenoxy) is 1. The van der Waals surface area contributed by atoms with E-state index in [0.717, 1.165) is 0 Å². The Morgan fingerprint density at radius 3 is 3.15 bits per heavy atom. The molecule has 0 radical (unpaired) electrons. The van der Waals surface area contributed by atoms with Crippen LogP contribution >= 0.6 is 0 Å². The van der Waals surface area contributed by atoms with Crippen LogP contribution in [-0.2, 0) is 4.79 Å². The third kappa shape index (κ3) is 2.83. The average molecular weight is 176 g/mol. The minimum Gasteiger partial charge on any atom is -0.479 e. The van der Waals surface area contributed by atoms with Crippen molar-refractivity contribution in [2.75, 3.05) is 11.9 Å². The van der Waals surface area contributed by atoms with Crippen LogP contribution in [0.3, 0.4) is 0 Å². The Morgan fingerprint density at radius 1 is 1.62 bits per heavy atom. The second-order valence-electron chi connectivity index (χ2n) is 2.24. The van der Waals surface area contributed by atoms with Crippen molar-refractivity contribution in [3.05, 3.63) is 24.3 Å². The summed E-state index contributed by atoms with van der Waals surface area (Å²) in [6, 6.07) is 8.68. The van der Waals surface area contributed by atoms with Gasteiger partial charge in [-0.25, -0.2) is 0 Å². The lowest BCUT2D eigenvalue weighted by molar-refractivity contribution is -0.105. The van der Waals surface area contributed by atoms with Crippen molar-refractivity contribution in [2.45, 2.75) is 0 Å². The van der Waals surface area contributed by atoms with Crippen LogP contribution in [0.2, 0.25) is 0 Å². The molecule has 0 fully saturated rings. The molecule has 0 saturated carbocycles. The predicted molar refractivity (Wildman–Crippen MR) is 47.2 cm³/mol. The predicted octanol–water partition coefficient (Wildman–Crippen LogP) is 1.16. The number of benzene rings is 1. The Labute approximate surface area is 75.7 Å². The van der Waals surface area contributed by atoms with E-state index in [2.05, 4.69) is 5.32 Å². The van der Waals surface area contributed by atoms with Gasteiger partial charge in [-0.2, -0.15) is 5.26 Å². The van der Waals surface area contributed by atoms with E-state index < -0.39 is 0 Å². The average Bonchev–Trinajstić information content (AvgIpc) is 2.16. The highest BCUT2D eigenvalue weighted by Crippen LogP contribution is 2.16. The SMILES string of the molecule is N#CCOc1cccc(NC=O)c1. The molecule has 0 aliphatic carbocycles. The maximum absolute atomic E-state index is 10.1. The molecule has 0 bridgehead atoms. The van der Waals surface area contributed by atoms with E-state index >= 15 is 0 Å². The minimum absolute atomic E-state index is 0.00451. The van der Waals surface area contributed by atoms with Crippen LogP contribution in [0.4, 0.5) is 5.69 Å². The molecule has 1 aromatic rings. The van der Waals surface area contributed by atoms with Gasteiger partial charge >= 0.3 is 0 Å². The lowest BCUT2D eigenvalue weighted by atomic mass is 10.3. The van der Waals surface area contributed by atoms with Gasteiger partial charge in [0.05, 0.1) is 0 Å². The molecule has 4 nitrogen and oxygen atoms in total. The van der Waals surface area contributed by atoms with Crippen molar-refractivity contribution in [3.63, 3.8) is 0 Å². The molecule has 0 spiro atoms. The summed E-state index contributed by atoms with van der Waals surface area (Å²) in [7, 11) is 0. The molecule has 0 atom stereocenters. The van der Waals surface area contributed by atoms with E-state index in [9.17, 15) is 4.79 Å². The molecular formula is C9H8N2O2. The molecule has 0 aliphatic rings. The Morgan fingerprint density at radius 2 is 2.46 bits per heavy atom. The summed E-state index contributed by atoms with van der Waals surface area (Å²) in [5.41, 5.74) is 0.644. The Hall–Kier alpha value is -2.02. The van der Waals surface area contributed by atoms with Crippen LogP contribution in [0.5, 0.6) is 5.75 Å². The zero-order valence-electron chi connectivity index (χ0n) is 6.86. The molecule has 1 amide bonds. The molecule has 1 N–H and O–H groups in total. The molecule has 13 heavy (non-hydrogen) atoms. The third-order valence-corrected chi connectivity index (χ3v) is 1.36. The van der Waals surface area contributed by atoms with Crippen LogP contribution in [0.1, 0.15) is 0 Å². The largest absolute Gasteiger partial charge is 0.479 e. The molecule has 66 valence electrons. The molecule has 0 aliphatic heterocycles. The Balaban J connectivity index is 2.68. The van der Waals surface area contributed by atoms with Gasteiger partial charge in [0.25, 0.3) is 0 Å². The first-order valence-corrected chi connectivity index (χ1v) is 3.67. The number of hydrogen-bond donors (Lipinski definition) is 1.